The van der Waals surface area contributed by atoms with Gasteiger partial charge in [-0.2, -0.15) is 5.10 Å². The van der Waals surface area contributed by atoms with Crippen molar-refractivity contribution in [1.29, 1.82) is 0 Å². The summed E-state index contributed by atoms with van der Waals surface area (Å²) in [6.45, 7) is 0. The Hall–Kier alpha value is -3.16. The molecule has 0 saturated carbocycles. The second-order valence-electron chi connectivity index (χ2n) is 4.81. The maximum atomic E-state index is 12.3. The minimum Gasteiger partial charge on any atom is -0.476 e. The van der Waals surface area contributed by atoms with Gasteiger partial charge in [-0.25, -0.2) is 9.78 Å². The monoisotopic (exact) mass is 299 g/mol. The highest BCUT2D eigenvalue weighted by Crippen LogP contribution is 2.18. The number of nitrogens with one attached hydrogen (secondary N) is 1. The Morgan fingerprint density at radius 1 is 1.23 bits per heavy atom. The molecule has 3 aromatic rings. The highest BCUT2D eigenvalue weighted by Gasteiger charge is 2.22. The highest BCUT2D eigenvalue weighted by molar-refractivity contribution is 6.09. The van der Waals surface area contributed by atoms with Gasteiger partial charge in [0.2, 0.25) is 5.95 Å². The molecule has 1 aromatic carbocycles. The van der Waals surface area contributed by atoms with E-state index in [1.54, 1.807) is 18.7 Å². The Morgan fingerprint density at radius 2 is 1.95 bits per heavy atom. The summed E-state index contributed by atoms with van der Waals surface area (Å²) in [7, 11) is 3.32. The Balaban J connectivity index is 1.97. The molecule has 22 heavy (non-hydrogen) atoms. The number of aryl methyl sites for hydroxylation is 2. The van der Waals surface area contributed by atoms with Crippen molar-refractivity contribution in [3.8, 4) is 0 Å². The van der Waals surface area contributed by atoms with Gasteiger partial charge < -0.3 is 9.67 Å². The molecule has 8 nitrogen and oxygen atoms in total. The second kappa shape index (κ2) is 4.99. The number of aromatic carboxylic acids is 1. The van der Waals surface area contributed by atoms with Crippen LogP contribution in [0.3, 0.4) is 0 Å². The molecular weight excluding hydrogens is 286 g/mol. The van der Waals surface area contributed by atoms with Crippen LogP contribution in [0.25, 0.3) is 11.0 Å². The smallest absolute Gasteiger partial charge is 0.357 e. The van der Waals surface area contributed by atoms with Crippen LogP contribution in [0.4, 0.5) is 5.95 Å². The number of carbonyl (C=O) groups is 2. The van der Waals surface area contributed by atoms with Crippen LogP contribution in [0.1, 0.15) is 20.8 Å². The van der Waals surface area contributed by atoms with Crippen LogP contribution in [0.5, 0.6) is 0 Å². The van der Waals surface area contributed by atoms with Crippen LogP contribution < -0.4 is 5.32 Å². The van der Waals surface area contributed by atoms with Gasteiger partial charge in [0.15, 0.2) is 5.69 Å². The molecule has 0 unspecified atom stereocenters. The van der Waals surface area contributed by atoms with Crippen LogP contribution in [0, 0.1) is 0 Å². The molecule has 3 rings (SSSR count). The number of rotatable bonds is 3. The molecule has 2 heterocycles. The van der Waals surface area contributed by atoms with Crippen LogP contribution in [-0.2, 0) is 14.1 Å². The molecule has 0 spiro atoms. The van der Waals surface area contributed by atoms with Gasteiger partial charge in [0.1, 0.15) is 0 Å². The minimum atomic E-state index is -1.25. The average Bonchev–Trinajstić information content (AvgIpc) is 3.01. The molecule has 0 aliphatic heterocycles. The summed E-state index contributed by atoms with van der Waals surface area (Å²) in [6, 6.07) is 7.44. The number of imidazole rings is 1. The summed E-state index contributed by atoms with van der Waals surface area (Å²) in [5.41, 5.74) is 1.30. The number of anilines is 1. The van der Waals surface area contributed by atoms with Crippen molar-refractivity contribution in [1.82, 2.24) is 19.3 Å². The first kappa shape index (κ1) is 13.8. The number of carbonyl (C=O) groups excluding carboxylic acids is 1. The number of carboxylic acid groups (broad SMARTS) is 1. The van der Waals surface area contributed by atoms with Crippen molar-refractivity contribution in [3.05, 3.63) is 41.7 Å². The number of aromatic nitrogens is 4. The van der Waals surface area contributed by atoms with E-state index in [4.69, 9.17) is 5.11 Å². The fourth-order valence-electron chi connectivity index (χ4n) is 2.24. The summed E-state index contributed by atoms with van der Waals surface area (Å²) in [5.74, 6) is -1.48. The average molecular weight is 299 g/mol. The summed E-state index contributed by atoms with van der Waals surface area (Å²) < 4.78 is 3.01. The van der Waals surface area contributed by atoms with Crippen molar-refractivity contribution in [2.45, 2.75) is 0 Å². The first-order valence-electron chi connectivity index (χ1n) is 6.47. The van der Waals surface area contributed by atoms with Gasteiger partial charge >= 0.3 is 5.97 Å². The topological polar surface area (TPSA) is 102 Å². The van der Waals surface area contributed by atoms with E-state index in [1.165, 1.54) is 10.9 Å². The standard InChI is InChI=1S/C14H13N5O3/c1-18-7-8(11(17-18)13(21)22)12(20)16-14-15-9-5-3-4-6-10(9)19(14)2/h3-7H,1-2H3,(H,21,22)(H,15,16,20). The normalized spacial score (nSPS) is 10.8. The number of hydrogen-bond acceptors (Lipinski definition) is 4. The van der Waals surface area contributed by atoms with Crippen LogP contribution in [0.2, 0.25) is 0 Å². The van der Waals surface area contributed by atoms with Crippen LogP contribution >= 0.6 is 0 Å². The van der Waals surface area contributed by atoms with Gasteiger partial charge in [-0.3, -0.25) is 14.8 Å². The highest BCUT2D eigenvalue weighted by atomic mass is 16.4. The molecule has 2 N–H and O–H groups in total. The number of benzene rings is 1. The third-order valence-electron chi connectivity index (χ3n) is 3.29. The fraction of sp³-hybridized carbons (Fsp3) is 0.143. The van der Waals surface area contributed by atoms with Gasteiger partial charge in [-0.1, -0.05) is 12.1 Å². The molecule has 1 amide bonds. The summed E-state index contributed by atoms with van der Waals surface area (Å²) in [4.78, 5) is 27.7. The van der Waals surface area contributed by atoms with Gasteiger partial charge in [-0.15, -0.1) is 0 Å². The Kier molecular flexibility index (Phi) is 3.13. The number of amides is 1. The molecule has 0 fully saturated rings. The number of carboxylic acids is 1. The first-order valence-corrected chi connectivity index (χ1v) is 6.47. The third-order valence-corrected chi connectivity index (χ3v) is 3.29. The Morgan fingerprint density at radius 3 is 2.64 bits per heavy atom. The molecule has 0 saturated heterocycles. The van der Waals surface area contributed by atoms with Crippen molar-refractivity contribution in [2.24, 2.45) is 14.1 Å². The summed E-state index contributed by atoms with van der Waals surface area (Å²) >= 11 is 0. The number of hydrogen-bond donors (Lipinski definition) is 2. The van der Waals surface area contributed by atoms with E-state index >= 15 is 0 Å². The third kappa shape index (κ3) is 2.20. The predicted molar refractivity (Wildman–Crippen MR) is 78.8 cm³/mol. The Bertz CT molecular complexity index is 893. The minimum absolute atomic E-state index is 0.0120. The fourth-order valence-corrected chi connectivity index (χ4v) is 2.24. The second-order valence-corrected chi connectivity index (χ2v) is 4.81. The molecule has 8 heteroatoms. The zero-order chi connectivity index (χ0) is 15.9. The largest absolute Gasteiger partial charge is 0.476 e. The van der Waals surface area contributed by atoms with Crippen molar-refractivity contribution in [2.75, 3.05) is 5.32 Å². The van der Waals surface area contributed by atoms with Gasteiger partial charge in [0, 0.05) is 20.3 Å². The van der Waals surface area contributed by atoms with E-state index in [0.29, 0.717) is 5.95 Å². The molecule has 0 atom stereocenters. The van der Waals surface area contributed by atoms with Crippen LogP contribution in [-0.4, -0.2) is 36.3 Å². The van der Waals surface area contributed by atoms with Gasteiger partial charge in [-0.05, 0) is 12.1 Å². The number of para-hydroxylation sites is 2. The zero-order valence-corrected chi connectivity index (χ0v) is 11.9. The SMILES string of the molecule is Cn1cc(C(=O)Nc2nc3ccccc3n2C)c(C(=O)O)n1. The molecule has 0 bridgehead atoms. The number of nitrogens with zero attached hydrogens (tertiary/aromatic N) is 4. The quantitative estimate of drug-likeness (QED) is 0.758. The zero-order valence-electron chi connectivity index (χ0n) is 11.9. The van der Waals surface area contributed by atoms with Gasteiger partial charge in [0.05, 0.1) is 16.6 Å². The molecule has 0 radical (unpaired) electrons. The maximum Gasteiger partial charge on any atom is 0.357 e. The molecule has 0 aliphatic carbocycles. The van der Waals surface area contributed by atoms with Crippen molar-refractivity contribution < 1.29 is 14.7 Å². The van der Waals surface area contributed by atoms with Crippen LogP contribution in [0.15, 0.2) is 30.5 Å². The molecule has 112 valence electrons. The van der Waals surface area contributed by atoms with E-state index in [2.05, 4.69) is 15.4 Å². The van der Waals surface area contributed by atoms with Gasteiger partial charge in [0.25, 0.3) is 5.91 Å². The van der Waals surface area contributed by atoms with E-state index in [1.807, 2.05) is 24.3 Å². The van der Waals surface area contributed by atoms with E-state index < -0.39 is 11.9 Å². The summed E-state index contributed by atoms with van der Waals surface area (Å²) in [6.07, 6.45) is 1.36. The lowest BCUT2D eigenvalue weighted by atomic mass is 10.2. The summed E-state index contributed by atoms with van der Waals surface area (Å²) in [5, 5.41) is 15.5. The molecular formula is C14H13N5O3. The lowest BCUT2D eigenvalue weighted by Gasteiger charge is -2.04. The number of fused-ring (bicyclic) bond motifs is 1. The van der Waals surface area contributed by atoms with E-state index in [-0.39, 0.29) is 11.3 Å². The van der Waals surface area contributed by atoms with Crippen molar-refractivity contribution >= 4 is 28.9 Å². The molecule has 2 aromatic heterocycles. The Labute approximate surface area is 125 Å². The lowest BCUT2D eigenvalue weighted by molar-refractivity contribution is 0.0685. The lowest BCUT2D eigenvalue weighted by Crippen LogP contribution is -2.17. The van der Waals surface area contributed by atoms with E-state index in [9.17, 15) is 9.59 Å². The van der Waals surface area contributed by atoms with E-state index in [0.717, 1.165) is 11.0 Å². The maximum absolute atomic E-state index is 12.3. The van der Waals surface area contributed by atoms with Crippen molar-refractivity contribution in [3.63, 3.8) is 0 Å². The predicted octanol–water partition coefficient (Wildman–Crippen LogP) is 1.26. The molecule has 0 aliphatic rings. The first-order chi connectivity index (χ1) is 10.5.